The van der Waals surface area contributed by atoms with Crippen LogP contribution in [0.3, 0.4) is 0 Å². The maximum atomic E-state index is 13.5. The molecule has 1 aromatic rings. The van der Waals surface area contributed by atoms with Crippen LogP contribution in [-0.4, -0.2) is 25.6 Å². The van der Waals surface area contributed by atoms with Crippen LogP contribution in [0.25, 0.3) is 0 Å². The van der Waals surface area contributed by atoms with E-state index < -0.39 is 5.82 Å². The van der Waals surface area contributed by atoms with E-state index in [4.69, 9.17) is 9.47 Å². The number of rotatable bonds is 3. The molecule has 1 fully saturated rings. The highest BCUT2D eigenvalue weighted by molar-refractivity contribution is 5.74. The van der Waals surface area contributed by atoms with Gasteiger partial charge < -0.3 is 9.47 Å². The van der Waals surface area contributed by atoms with Gasteiger partial charge in [-0.1, -0.05) is 0 Å². The average Bonchev–Trinajstić information content (AvgIpc) is 2.33. The smallest absolute Gasteiger partial charge is 0.165 e. The molecule has 1 aromatic carbocycles. The van der Waals surface area contributed by atoms with Crippen molar-refractivity contribution in [3.8, 4) is 5.75 Å². The zero-order chi connectivity index (χ0) is 11.4. The fraction of sp³-hybridized carbons (Fsp3) is 0.417. The molecular weight excluding hydrogens is 211 g/mol. The third-order valence-corrected chi connectivity index (χ3v) is 2.50. The molecule has 0 amide bonds. The van der Waals surface area contributed by atoms with Crippen molar-refractivity contribution < 1.29 is 18.7 Å². The van der Waals surface area contributed by atoms with E-state index in [2.05, 4.69) is 0 Å². The molecule has 1 aliphatic rings. The van der Waals surface area contributed by atoms with Crippen LogP contribution < -0.4 is 4.74 Å². The number of halogens is 1. The SMILES string of the molecule is O=Cc1ccc(OC2CCCOC2)c(F)c1. The number of benzene rings is 1. The lowest BCUT2D eigenvalue weighted by Gasteiger charge is -2.23. The van der Waals surface area contributed by atoms with E-state index in [0.717, 1.165) is 19.4 Å². The first-order chi connectivity index (χ1) is 7.79. The van der Waals surface area contributed by atoms with Crippen LogP contribution in [0, 0.1) is 5.82 Å². The molecule has 86 valence electrons. The lowest BCUT2D eigenvalue weighted by Crippen LogP contribution is -2.28. The summed E-state index contributed by atoms with van der Waals surface area (Å²) in [5.41, 5.74) is 0.310. The fourth-order valence-corrected chi connectivity index (χ4v) is 1.67. The molecule has 0 aliphatic carbocycles. The Morgan fingerprint density at radius 3 is 3.00 bits per heavy atom. The highest BCUT2D eigenvalue weighted by Crippen LogP contribution is 2.21. The van der Waals surface area contributed by atoms with Crippen molar-refractivity contribution in [1.29, 1.82) is 0 Å². The summed E-state index contributed by atoms with van der Waals surface area (Å²) in [4.78, 5) is 10.4. The summed E-state index contributed by atoms with van der Waals surface area (Å²) in [6, 6.07) is 4.19. The second-order valence-electron chi connectivity index (χ2n) is 3.76. The lowest BCUT2D eigenvalue weighted by atomic mass is 10.1. The van der Waals surface area contributed by atoms with Crippen LogP contribution in [0.4, 0.5) is 4.39 Å². The standard InChI is InChI=1S/C12H13FO3/c13-11-6-9(7-14)3-4-12(11)16-10-2-1-5-15-8-10/h3-4,6-7,10H,1-2,5,8H2. The number of hydrogen-bond donors (Lipinski definition) is 0. The quantitative estimate of drug-likeness (QED) is 0.738. The van der Waals surface area contributed by atoms with Crippen molar-refractivity contribution >= 4 is 6.29 Å². The number of ether oxygens (including phenoxy) is 2. The van der Waals surface area contributed by atoms with E-state index in [0.29, 0.717) is 18.5 Å². The molecule has 1 heterocycles. The van der Waals surface area contributed by atoms with E-state index >= 15 is 0 Å². The van der Waals surface area contributed by atoms with Crippen LogP contribution >= 0.6 is 0 Å². The molecule has 2 rings (SSSR count). The maximum Gasteiger partial charge on any atom is 0.165 e. The Morgan fingerprint density at radius 1 is 1.50 bits per heavy atom. The second kappa shape index (κ2) is 5.07. The molecule has 3 nitrogen and oxygen atoms in total. The van der Waals surface area contributed by atoms with E-state index in [1.54, 1.807) is 0 Å². The first-order valence-electron chi connectivity index (χ1n) is 5.29. The van der Waals surface area contributed by atoms with Crippen molar-refractivity contribution in [2.75, 3.05) is 13.2 Å². The molecule has 1 unspecified atom stereocenters. The summed E-state index contributed by atoms with van der Waals surface area (Å²) in [5, 5.41) is 0. The van der Waals surface area contributed by atoms with Gasteiger partial charge in [0, 0.05) is 12.2 Å². The Morgan fingerprint density at radius 2 is 2.38 bits per heavy atom. The third-order valence-electron chi connectivity index (χ3n) is 2.50. The summed E-state index contributed by atoms with van der Waals surface area (Å²) >= 11 is 0. The average molecular weight is 224 g/mol. The predicted molar refractivity (Wildman–Crippen MR) is 56.3 cm³/mol. The van der Waals surface area contributed by atoms with Crippen molar-refractivity contribution in [1.82, 2.24) is 0 Å². The molecule has 0 aromatic heterocycles. The lowest BCUT2D eigenvalue weighted by molar-refractivity contribution is 0.00587. The summed E-state index contributed by atoms with van der Waals surface area (Å²) in [6.07, 6.45) is 2.31. The van der Waals surface area contributed by atoms with Gasteiger partial charge in [0.05, 0.1) is 6.61 Å². The van der Waals surface area contributed by atoms with Gasteiger partial charge in [0.1, 0.15) is 12.4 Å². The van der Waals surface area contributed by atoms with Crippen LogP contribution in [0.15, 0.2) is 18.2 Å². The van der Waals surface area contributed by atoms with Gasteiger partial charge in [-0.2, -0.15) is 0 Å². The van der Waals surface area contributed by atoms with E-state index in [-0.39, 0.29) is 11.9 Å². The number of carbonyl (C=O) groups is 1. The Hall–Kier alpha value is -1.42. The van der Waals surface area contributed by atoms with Crippen LogP contribution in [-0.2, 0) is 4.74 Å². The molecule has 16 heavy (non-hydrogen) atoms. The summed E-state index contributed by atoms with van der Waals surface area (Å²) in [6.45, 7) is 1.24. The van der Waals surface area contributed by atoms with Gasteiger partial charge in [0.15, 0.2) is 11.6 Å². The number of carbonyl (C=O) groups excluding carboxylic acids is 1. The van der Waals surface area contributed by atoms with Gasteiger partial charge >= 0.3 is 0 Å². The molecule has 0 bridgehead atoms. The van der Waals surface area contributed by atoms with Gasteiger partial charge in [0.2, 0.25) is 0 Å². The molecule has 1 atom stereocenters. The largest absolute Gasteiger partial charge is 0.485 e. The van der Waals surface area contributed by atoms with E-state index in [1.165, 1.54) is 18.2 Å². The van der Waals surface area contributed by atoms with Gasteiger partial charge in [0.25, 0.3) is 0 Å². The Kier molecular flexibility index (Phi) is 3.51. The Labute approximate surface area is 93.2 Å². The van der Waals surface area contributed by atoms with E-state index in [9.17, 15) is 9.18 Å². The second-order valence-corrected chi connectivity index (χ2v) is 3.76. The van der Waals surface area contributed by atoms with Crippen molar-refractivity contribution in [2.45, 2.75) is 18.9 Å². The van der Waals surface area contributed by atoms with Gasteiger partial charge in [-0.3, -0.25) is 4.79 Å². The Balaban J connectivity index is 2.05. The van der Waals surface area contributed by atoms with Crippen LogP contribution in [0.5, 0.6) is 5.75 Å². The maximum absolute atomic E-state index is 13.5. The molecule has 0 radical (unpaired) electrons. The molecule has 1 aliphatic heterocycles. The minimum atomic E-state index is -0.504. The monoisotopic (exact) mass is 224 g/mol. The van der Waals surface area contributed by atoms with Crippen molar-refractivity contribution in [2.24, 2.45) is 0 Å². The van der Waals surface area contributed by atoms with Crippen molar-refractivity contribution in [3.05, 3.63) is 29.6 Å². The summed E-state index contributed by atoms with van der Waals surface area (Å²) in [5.74, 6) is -0.323. The summed E-state index contributed by atoms with van der Waals surface area (Å²) < 4.78 is 24.2. The first-order valence-corrected chi connectivity index (χ1v) is 5.29. The normalized spacial score (nSPS) is 20.4. The third kappa shape index (κ3) is 2.58. The predicted octanol–water partition coefficient (Wildman–Crippen LogP) is 2.20. The molecule has 0 N–H and O–H groups in total. The van der Waals surface area contributed by atoms with Crippen molar-refractivity contribution in [3.63, 3.8) is 0 Å². The number of aldehydes is 1. The van der Waals surface area contributed by atoms with Crippen LogP contribution in [0.1, 0.15) is 23.2 Å². The summed E-state index contributed by atoms with van der Waals surface area (Å²) in [7, 11) is 0. The first kappa shape index (κ1) is 11.1. The fourth-order valence-electron chi connectivity index (χ4n) is 1.67. The Bertz CT molecular complexity index is 373. The molecule has 4 heteroatoms. The number of hydrogen-bond acceptors (Lipinski definition) is 3. The van der Waals surface area contributed by atoms with E-state index in [1.807, 2.05) is 0 Å². The highest BCUT2D eigenvalue weighted by atomic mass is 19.1. The zero-order valence-electron chi connectivity index (χ0n) is 8.82. The molecular formula is C12H13FO3. The zero-order valence-corrected chi connectivity index (χ0v) is 8.82. The van der Waals surface area contributed by atoms with Gasteiger partial charge in [-0.25, -0.2) is 4.39 Å². The minimum Gasteiger partial charge on any atom is -0.485 e. The minimum absolute atomic E-state index is 0.0923. The molecule has 0 saturated carbocycles. The topological polar surface area (TPSA) is 35.5 Å². The van der Waals surface area contributed by atoms with Gasteiger partial charge in [-0.15, -0.1) is 0 Å². The van der Waals surface area contributed by atoms with Gasteiger partial charge in [-0.05, 0) is 31.0 Å². The highest BCUT2D eigenvalue weighted by Gasteiger charge is 2.17. The molecule has 1 saturated heterocycles. The van der Waals surface area contributed by atoms with Crippen LogP contribution in [0.2, 0.25) is 0 Å². The molecule has 0 spiro atoms.